The lowest BCUT2D eigenvalue weighted by Gasteiger charge is -2.59. The van der Waals surface area contributed by atoms with E-state index in [-0.39, 0.29) is 30.4 Å². The van der Waals surface area contributed by atoms with Gasteiger partial charge in [-0.05, 0) is 53.4 Å². The Morgan fingerprint density at radius 3 is 2.18 bits per heavy atom. The molecule has 2 saturated carbocycles. The van der Waals surface area contributed by atoms with E-state index in [2.05, 4.69) is 34.9 Å². The molecule has 0 unspecified atom stereocenters. The van der Waals surface area contributed by atoms with Crippen LogP contribution in [-0.4, -0.2) is 41.8 Å². The lowest BCUT2D eigenvalue weighted by Crippen LogP contribution is -2.70. The van der Waals surface area contributed by atoms with Crippen LogP contribution in [-0.2, 0) is 14.3 Å². The molecule has 5 rings (SSSR count). The number of hydrogen-bond acceptors (Lipinski definition) is 4. The summed E-state index contributed by atoms with van der Waals surface area (Å²) in [6.07, 6.45) is 6.19. The van der Waals surface area contributed by atoms with Gasteiger partial charge in [0.1, 0.15) is 12.1 Å². The lowest BCUT2D eigenvalue weighted by atomic mass is 9.48. The highest BCUT2D eigenvalue weighted by atomic mass is 16.5. The Morgan fingerprint density at radius 1 is 1.00 bits per heavy atom. The zero-order chi connectivity index (χ0) is 23.8. The Morgan fingerprint density at radius 2 is 1.62 bits per heavy atom. The Balaban J connectivity index is 1.25. The van der Waals surface area contributed by atoms with Crippen molar-refractivity contribution in [3.63, 3.8) is 0 Å². The van der Waals surface area contributed by atoms with Crippen molar-refractivity contribution in [2.75, 3.05) is 13.2 Å². The predicted molar refractivity (Wildman–Crippen MR) is 126 cm³/mol. The molecule has 3 N–H and O–H groups in total. The molecule has 7 heteroatoms. The van der Waals surface area contributed by atoms with Crippen LogP contribution < -0.4 is 10.6 Å². The van der Waals surface area contributed by atoms with Gasteiger partial charge >= 0.3 is 12.1 Å². The number of rotatable bonds is 7. The average molecular weight is 461 g/mol. The van der Waals surface area contributed by atoms with Gasteiger partial charge < -0.3 is 20.5 Å². The van der Waals surface area contributed by atoms with Gasteiger partial charge in [-0.25, -0.2) is 9.59 Å². The fraction of sp³-hybridized carbons (Fsp3) is 0.370. The van der Waals surface area contributed by atoms with Gasteiger partial charge in [-0.2, -0.15) is 0 Å². The van der Waals surface area contributed by atoms with Crippen LogP contribution in [0.4, 0.5) is 4.79 Å². The van der Waals surface area contributed by atoms with E-state index in [0.29, 0.717) is 12.8 Å². The zero-order valence-electron chi connectivity index (χ0n) is 18.9. The van der Waals surface area contributed by atoms with E-state index in [1.165, 1.54) is 6.08 Å². The Bertz CT molecular complexity index is 1110. The van der Waals surface area contributed by atoms with Gasteiger partial charge in [-0.1, -0.05) is 61.0 Å². The number of amides is 2. The number of carboxylic acids is 1. The molecule has 34 heavy (non-hydrogen) atoms. The van der Waals surface area contributed by atoms with Gasteiger partial charge in [0.05, 0.1) is 0 Å². The standard InChI is InChI=1S/C27H28N2O5/c30-23(31)11-5-14-28-24(32)27(16-26(17-27)12-6-13-26)29-25(33)34-15-22-20-9-3-1-7-18(20)19-8-2-4-10-21(19)22/h1-5,7-11,22H,6,12-17H2,(H,28,32)(H,29,33)(H,30,31)/b11-5+. The predicted octanol–water partition coefficient (Wildman–Crippen LogP) is 3.99. The van der Waals surface area contributed by atoms with Crippen molar-refractivity contribution < 1.29 is 24.2 Å². The second-order valence-corrected chi connectivity index (χ2v) is 9.69. The molecular formula is C27H28N2O5. The third-order valence-electron chi connectivity index (χ3n) is 7.53. The van der Waals surface area contributed by atoms with Gasteiger partial charge in [0.2, 0.25) is 5.91 Å². The molecule has 0 heterocycles. The van der Waals surface area contributed by atoms with Crippen molar-refractivity contribution >= 4 is 18.0 Å². The summed E-state index contributed by atoms with van der Waals surface area (Å²) < 4.78 is 5.68. The molecule has 0 bridgehead atoms. The molecule has 3 aliphatic rings. The Hall–Kier alpha value is -3.61. The van der Waals surface area contributed by atoms with E-state index in [1.54, 1.807) is 0 Å². The maximum absolute atomic E-state index is 13.0. The summed E-state index contributed by atoms with van der Waals surface area (Å²) in [6.45, 7) is 0.274. The molecule has 2 amide bonds. The number of alkyl carbamates (subject to hydrolysis) is 1. The molecule has 3 aliphatic carbocycles. The zero-order valence-corrected chi connectivity index (χ0v) is 18.9. The molecule has 0 saturated heterocycles. The van der Waals surface area contributed by atoms with E-state index in [1.807, 2.05) is 24.3 Å². The van der Waals surface area contributed by atoms with Gasteiger partial charge in [-0.15, -0.1) is 0 Å². The molecule has 1 spiro atoms. The van der Waals surface area contributed by atoms with E-state index in [9.17, 15) is 14.4 Å². The van der Waals surface area contributed by atoms with Crippen molar-refractivity contribution in [1.29, 1.82) is 0 Å². The molecule has 0 aromatic heterocycles. The molecule has 2 aromatic carbocycles. The van der Waals surface area contributed by atoms with Gasteiger partial charge in [0.25, 0.3) is 0 Å². The number of carboxylic acid groups (broad SMARTS) is 1. The number of carbonyl (C=O) groups is 3. The highest BCUT2D eigenvalue weighted by Crippen LogP contribution is 2.60. The van der Waals surface area contributed by atoms with Gasteiger partial charge in [-0.3, -0.25) is 4.79 Å². The summed E-state index contributed by atoms with van der Waals surface area (Å²) in [5.41, 5.74) is 3.69. The molecule has 7 nitrogen and oxygen atoms in total. The molecule has 0 atom stereocenters. The van der Waals surface area contributed by atoms with E-state index in [4.69, 9.17) is 9.84 Å². The van der Waals surface area contributed by atoms with E-state index >= 15 is 0 Å². The van der Waals surface area contributed by atoms with Crippen LogP contribution in [0, 0.1) is 5.41 Å². The van der Waals surface area contributed by atoms with Crippen LogP contribution in [0.15, 0.2) is 60.7 Å². The van der Waals surface area contributed by atoms with Crippen LogP contribution in [0.1, 0.15) is 49.1 Å². The van der Waals surface area contributed by atoms with Crippen molar-refractivity contribution in [3.05, 3.63) is 71.8 Å². The SMILES string of the molecule is O=C(O)/C=C/CNC(=O)C1(NC(=O)OCC2c3ccccc3-c3ccccc32)CC2(CCC2)C1. The first-order valence-corrected chi connectivity index (χ1v) is 11.7. The topological polar surface area (TPSA) is 105 Å². The fourth-order valence-electron chi connectivity index (χ4n) is 5.88. The van der Waals surface area contributed by atoms with Crippen LogP contribution in [0.2, 0.25) is 0 Å². The minimum Gasteiger partial charge on any atom is -0.478 e. The third-order valence-corrected chi connectivity index (χ3v) is 7.53. The van der Waals surface area contributed by atoms with Crippen molar-refractivity contribution in [3.8, 4) is 11.1 Å². The van der Waals surface area contributed by atoms with Gasteiger partial charge in [0.15, 0.2) is 0 Å². The number of nitrogens with one attached hydrogen (secondary N) is 2. The van der Waals surface area contributed by atoms with Gasteiger partial charge in [0, 0.05) is 18.5 Å². The van der Waals surface area contributed by atoms with Crippen LogP contribution in [0.3, 0.4) is 0 Å². The summed E-state index contributed by atoms with van der Waals surface area (Å²) in [7, 11) is 0. The molecule has 2 fully saturated rings. The first-order valence-electron chi connectivity index (χ1n) is 11.7. The average Bonchev–Trinajstić information content (AvgIpc) is 3.10. The lowest BCUT2D eigenvalue weighted by molar-refractivity contribution is -0.144. The summed E-state index contributed by atoms with van der Waals surface area (Å²) in [5.74, 6) is -1.42. The summed E-state index contributed by atoms with van der Waals surface area (Å²) in [6, 6.07) is 16.3. The maximum Gasteiger partial charge on any atom is 0.408 e. The normalized spacial score (nSPS) is 18.9. The molecule has 2 aromatic rings. The smallest absolute Gasteiger partial charge is 0.408 e. The first-order chi connectivity index (χ1) is 16.4. The molecular weight excluding hydrogens is 432 g/mol. The maximum atomic E-state index is 13.0. The highest BCUT2D eigenvalue weighted by molar-refractivity contribution is 5.91. The Kier molecular flexibility index (Phi) is 5.63. The fourth-order valence-corrected chi connectivity index (χ4v) is 5.88. The summed E-state index contributed by atoms with van der Waals surface area (Å²) in [5, 5.41) is 14.3. The van der Waals surface area contributed by atoms with Crippen molar-refractivity contribution in [2.45, 2.75) is 43.6 Å². The first kappa shape index (κ1) is 22.2. The second-order valence-electron chi connectivity index (χ2n) is 9.69. The van der Waals surface area contributed by atoms with Crippen LogP contribution in [0.5, 0.6) is 0 Å². The summed E-state index contributed by atoms with van der Waals surface area (Å²) in [4.78, 5) is 36.5. The second kappa shape index (κ2) is 8.63. The molecule has 0 radical (unpaired) electrons. The summed E-state index contributed by atoms with van der Waals surface area (Å²) >= 11 is 0. The number of carbonyl (C=O) groups excluding carboxylic acids is 2. The molecule has 176 valence electrons. The number of hydrogen-bond donors (Lipinski definition) is 3. The number of aliphatic carboxylic acids is 1. The van der Waals surface area contributed by atoms with E-state index < -0.39 is 17.6 Å². The third kappa shape index (κ3) is 3.95. The number of ether oxygens (including phenoxy) is 1. The monoisotopic (exact) mass is 460 g/mol. The quantitative estimate of drug-likeness (QED) is 0.542. The minimum absolute atomic E-state index is 0.0524. The van der Waals surface area contributed by atoms with E-state index in [0.717, 1.165) is 47.6 Å². The highest BCUT2D eigenvalue weighted by Gasteiger charge is 2.61. The Labute approximate surface area is 198 Å². The van der Waals surface area contributed by atoms with Crippen LogP contribution in [0.25, 0.3) is 11.1 Å². The molecule has 0 aliphatic heterocycles. The minimum atomic E-state index is -1.07. The number of benzene rings is 2. The van der Waals surface area contributed by atoms with Crippen molar-refractivity contribution in [2.24, 2.45) is 5.41 Å². The largest absolute Gasteiger partial charge is 0.478 e. The van der Waals surface area contributed by atoms with Crippen LogP contribution >= 0.6 is 0 Å². The van der Waals surface area contributed by atoms with Crippen molar-refractivity contribution in [1.82, 2.24) is 10.6 Å². The number of fused-ring (bicyclic) bond motifs is 3.